The van der Waals surface area contributed by atoms with Crippen LogP contribution in [-0.4, -0.2) is 41.2 Å². The van der Waals surface area contributed by atoms with Crippen molar-refractivity contribution in [1.82, 2.24) is 4.90 Å². The molecule has 126 valence electrons. The van der Waals surface area contributed by atoms with E-state index in [4.69, 9.17) is 4.74 Å². The van der Waals surface area contributed by atoms with E-state index in [1.165, 1.54) is 0 Å². The van der Waals surface area contributed by atoms with Crippen molar-refractivity contribution in [1.29, 1.82) is 0 Å². The van der Waals surface area contributed by atoms with Crippen LogP contribution in [0.2, 0.25) is 0 Å². The van der Waals surface area contributed by atoms with Crippen molar-refractivity contribution in [2.45, 2.75) is 45.8 Å². The summed E-state index contributed by atoms with van der Waals surface area (Å²) in [6, 6.07) is 7.72. The summed E-state index contributed by atoms with van der Waals surface area (Å²) in [5, 5.41) is 9.72. The lowest BCUT2D eigenvalue weighted by molar-refractivity contribution is -0.128. The Morgan fingerprint density at radius 2 is 2.17 bits per heavy atom. The van der Waals surface area contributed by atoms with Gasteiger partial charge < -0.3 is 14.7 Å². The molecule has 1 aromatic carbocycles. The molecule has 1 aromatic rings. The van der Waals surface area contributed by atoms with Crippen LogP contribution in [0.15, 0.2) is 30.3 Å². The zero-order valence-electron chi connectivity index (χ0n) is 14.2. The van der Waals surface area contributed by atoms with E-state index < -0.39 is 0 Å². The number of nitrogens with zero attached hydrogens (tertiary/aromatic N) is 1. The predicted octanol–water partition coefficient (Wildman–Crippen LogP) is 3.11. The summed E-state index contributed by atoms with van der Waals surface area (Å²) >= 11 is 0. The maximum Gasteiger partial charge on any atom is 0.246 e. The van der Waals surface area contributed by atoms with Crippen molar-refractivity contribution in [3.8, 4) is 5.75 Å². The Morgan fingerprint density at radius 3 is 2.87 bits per heavy atom. The van der Waals surface area contributed by atoms with Gasteiger partial charge in [-0.3, -0.25) is 4.79 Å². The molecule has 1 heterocycles. The number of rotatable bonds is 5. The van der Waals surface area contributed by atoms with Crippen molar-refractivity contribution < 1.29 is 14.6 Å². The van der Waals surface area contributed by atoms with E-state index in [1.807, 2.05) is 49.1 Å². The Hall–Kier alpha value is -1.81. The minimum atomic E-state index is -0.362. The minimum Gasteiger partial charge on any atom is -0.491 e. The molecule has 0 radical (unpaired) electrons. The van der Waals surface area contributed by atoms with Gasteiger partial charge in [-0.15, -0.1) is 0 Å². The summed E-state index contributed by atoms with van der Waals surface area (Å²) in [4.78, 5) is 14.2. The monoisotopic (exact) mass is 317 g/mol. The van der Waals surface area contributed by atoms with Gasteiger partial charge in [0.2, 0.25) is 5.91 Å². The molecule has 2 unspecified atom stereocenters. The third-order valence-electron chi connectivity index (χ3n) is 4.10. The predicted molar refractivity (Wildman–Crippen MR) is 92.2 cm³/mol. The molecular weight excluding hydrogens is 290 g/mol. The van der Waals surface area contributed by atoms with Crippen LogP contribution in [0.3, 0.4) is 0 Å². The summed E-state index contributed by atoms with van der Waals surface area (Å²) < 4.78 is 5.66. The van der Waals surface area contributed by atoms with Gasteiger partial charge in [-0.2, -0.15) is 0 Å². The smallest absolute Gasteiger partial charge is 0.246 e. The quantitative estimate of drug-likeness (QED) is 0.849. The first kappa shape index (κ1) is 17.5. The normalized spacial score (nSPS) is 20.0. The van der Waals surface area contributed by atoms with Crippen LogP contribution in [0.25, 0.3) is 6.08 Å². The van der Waals surface area contributed by atoms with E-state index in [2.05, 4.69) is 0 Å². The molecule has 0 aliphatic carbocycles. The molecule has 1 fully saturated rings. The minimum absolute atomic E-state index is 0.00512. The van der Waals surface area contributed by atoms with Crippen molar-refractivity contribution in [2.24, 2.45) is 5.92 Å². The molecule has 0 bridgehead atoms. The average molecular weight is 317 g/mol. The third-order valence-corrected chi connectivity index (χ3v) is 4.10. The van der Waals surface area contributed by atoms with E-state index in [9.17, 15) is 9.90 Å². The molecule has 1 N–H and O–H groups in total. The standard InChI is InChI=1S/C19H27NO3/c1-14(2)23-18-8-4-6-16(12-18)9-10-19(22)20-11-5-7-17(13-20)15(3)21/h4,6,8-10,12,14-15,17,21H,5,7,11,13H2,1-3H3/b10-9+. The molecule has 1 amide bonds. The summed E-state index contributed by atoms with van der Waals surface area (Å²) in [6.45, 7) is 7.18. The molecule has 1 aliphatic rings. The SMILES string of the molecule is CC(C)Oc1cccc(/C=C/C(=O)N2CCCC(C(C)O)C2)c1. The lowest BCUT2D eigenvalue weighted by atomic mass is 9.93. The molecule has 0 saturated carbocycles. The lowest BCUT2D eigenvalue weighted by Crippen LogP contribution is -2.42. The van der Waals surface area contributed by atoms with Crippen LogP contribution in [0, 0.1) is 5.92 Å². The van der Waals surface area contributed by atoms with E-state index in [0.717, 1.165) is 30.7 Å². The summed E-state index contributed by atoms with van der Waals surface area (Å²) in [5.41, 5.74) is 0.945. The van der Waals surface area contributed by atoms with E-state index >= 15 is 0 Å². The van der Waals surface area contributed by atoms with Crippen molar-refractivity contribution in [2.75, 3.05) is 13.1 Å². The van der Waals surface area contributed by atoms with Crippen LogP contribution in [0.1, 0.15) is 39.2 Å². The number of hydrogen-bond acceptors (Lipinski definition) is 3. The number of carbonyl (C=O) groups excluding carboxylic acids is 1. The maximum atomic E-state index is 12.3. The molecule has 0 spiro atoms. The molecular formula is C19H27NO3. The second-order valence-electron chi connectivity index (χ2n) is 6.50. The fraction of sp³-hybridized carbons (Fsp3) is 0.526. The van der Waals surface area contributed by atoms with Gasteiger partial charge in [0.1, 0.15) is 5.75 Å². The van der Waals surface area contributed by atoms with Crippen molar-refractivity contribution in [3.05, 3.63) is 35.9 Å². The highest BCUT2D eigenvalue weighted by Crippen LogP contribution is 2.20. The Morgan fingerprint density at radius 1 is 1.39 bits per heavy atom. The van der Waals surface area contributed by atoms with Crippen LogP contribution in [-0.2, 0) is 4.79 Å². The highest BCUT2D eigenvalue weighted by molar-refractivity contribution is 5.91. The highest BCUT2D eigenvalue weighted by atomic mass is 16.5. The zero-order valence-corrected chi connectivity index (χ0v) is 14.2. The molecule has 1 aliphatic heterocycles. The number of likely N-dealkylation sites (tertiary alicyclic amines) is 1. The Bertz CT molecular complexity index is 551. The Kier molecular flexibility index (Phi) is 6.22. The second kappa shape index (κ2) is 8.16. The molecule has 2 rings (SSSR count). The molecule has 0 aromatic heterocycles. The van der Waals surface area contributed by atoms with Gasteiger partial charge in [0.05, 0.1) is 12.2 Å². The van der Waals surface area contributed by atoms with Crippen LogP contribution < -0.4 is 4.74 Å². The topological polar surface area (TPSA) is 49.8 Å². The number of aliphatic hydroxyl groups excluding tert-OH is 1. The number of aliphatic hydroxyl groups is 1. The van der Waals surface area contributed by atoms with E-state index in [0.29, 0.717) is 6.54 Å². The van der Waals surface area contributed by atoms with Crippen LogP contribution >= 0.6 is 0 Å². The summed E-state index contributed by atoms with van der Waals surface area (Å²) in [6.07, 6.45) is 5.13. The summed E-state index contributed by atoms with van der Waals surface area (Å²) in [5.74, 6) is 0.996. The van der Waals surface area contributed by atoms with E-state index in [-0.39, 0.29) is 24.0 Å². The number of hydrogen-bond donors (Lipinski definition) is 1. The van der Waals surface area contributed by atoms with Gasteiger partial charge in [-0.05, 0) is 57.4 Å². The fourth-order valence-corrected chi connectivity index (χ4v) is 2.84. The van der Waals surface area contributed by atoms with Crippen LogP contribution in [0.5, 0.6) is 5.75 Å². The zero-order chi connectivity index (χ0) is 16.8. The van der Waals surface area contributed by atoms with Crippen molar-refractivity contribution >= 4 is 12.0 Å². The number of carbonyl (C=O) groups is 1. The number of piperidine rings is 1. The molecule has 4 heteroatoms. The van der Waals surface area contributed by atoms with E-state index in [1.54, 1.807) is 13.0 Å². The number of benzene rings is 1. The first-order valence-corrected chi connectivity index (χ1v) is 8.37. The first-order chi connectivity index (χ1) is 11.0. The van der Waals surface area contributed by atoms with Gasteiger partial charge in [-0.25, -0.2) is 0 Å². The van der Waals surface area contributed by atoms with Gasteiger partial charge in [0.15, 0.2) is 0 Å². The highest BCUT2D eigenvalue weighted by Gasteiger charge is 2.25. The van der Waals surface area contributed by atoms with Gasteiger partial charge in [0.25, 0.3) is 0 Å². The lowest BCUT2D eigenvalue weighted by Gasteiger charge is -2.33. The number of amides is 1. The molecule has 1 saturated heterocycles. The first-order valence-electron chi connectivity index (χ1n) is 8.37. The second-order valence-corrected chi connectivity index (χ2v) is 6.50. The van der Waals surface area contributed by atoms with Gasteiger partial charge in [-0.1, -0.05) is 12.1 Å². The number of ether oxygens (including phenoxy) is 1. The maximum absolute atomic E-state index is 12.3. The average Bonchev–Trinajstić information content (AvgIpc) is 2.52. The third kappa shape index (κ3) is 5.39. The van der Waals surface area contributed by atoms with Gasteiger partial charge in [0, 0.05) is 25.1 Å². The molecule has 2 atom stereocenters. The largest absolute Gasteiger partial charge is 0.491 e. The Labute approximate surface area is 138 Å². The molecule has 4 nitrogen and oxygen atoms in total. The van der Waals surface area contributed by atoms with Crippen LogP contribution in [0.4, 0.5) is 0 Å². The van der Waals surface area contributed by atoms with Crippen molar-refractivity contribution in [3.63, 3.8) is 0 Å². The summed E-state index contributed by atoms with van der Waals surface area (Å²) in [7, 11) is 0. The fourth-order valence-electron chi connectivity index (χ4n) is 2.84. The van der Waals surface area contributed by atoms with Gasteiger partial charge >= 0.3 is 0 Å². The molecule has 23 heavy (non-hydrogen) atoms. The Balaban J connectivity index is 1.98.